The molecule has 2 amide bonds. The Kier molecular flexibility index (Phi) is 18.9. The number of fused-ring (bicyclic) bond motifs is 1. The first-order chi connectivity index (χ1) is 36.3. The highest BCUT2D eigenvalue weighted by Gasteiger charge is 2.62. The van der Waals surface area contributed by atoms with Crippen molar-refractivity contribution in [2.75, 3.05) is 26.4 Å². The zero-order valence-electron chi connectivity index (χ0n) is 43.2. The van der Waals surface area contributed by atoms with Crippen LogP contribution >= 0.6 is 11.6 Å². The molecule has 0 spiro atoms. The molecule has 430 valence electrons. The number of pyridine rings is 1. The summed E-state index contributed by atoms with van der Waals surface area (Å²) in [5, 5.41) is 11.2. The van der Waals surface area contributed by atoms with E-state index in [2.05, 4.69) is 14.5 Å². The number of ether oxygens (including phenoxy) is 6. The molecule has 1 N–H and O–H groups in total. The first-order valence-corrected chi connectivity index (χ1v) is 26.6. The SMILES string of the molecule is CC(C)(OC(=O)Oc1ccc([N+](=O)[O-])cc1)C(F)(F)F.CCOc1cc(O[C@@H]2C[C@@H](C(=O)C[C@]3(C(=O)NS(=O)(=O)OC4CC4)C[C@H]3CC)N(C(=O)[C@@H](CC(=O)OC(C)(C)C(F)(F)F)C3CCOCC3)C2)c2cccc(Cl)c2n1. The minimum Gasteiger partial charge on any atom is -0.488 e. The van der Waals surface area contributed by atoms with Gasteiger partial charge in [-0.3, -0.25) is 33.5 Å². The Balaban J connectivity index is 0.000000414. The van der Waals surface area contributed by atoms with Gasteiger partial charge in [-0.2, -0.15) is 34.8 Å². The molecule has 2 aromatic carbocycles. The van der Waals surface area contributed by atoms with E-state index in [-0.39, 0.29) is 62.4 Å². The standard InChI is InChI=1S/C39H49ClF3N3O11S.C11H10F3NO5/c1-5-23-19-38(23,36(50)45-58(51,52)57-24-10-11-24)20-30(47)29-16-25(55-31-18-32(54-6-2)44-34-26(31)8-7-9-28(34)40)21-46(29)35(49)27(22-12-14-53-15-13-22)17-33(48)56-37(3,4)39(41,42)43;1-10(2,11(12,13)14)20-9(16)19-8-5-3-7(4-6-8)15(17)18/h7-9,18,22-25,27,29H,5-6,10-17,19-21H2,1-4H3,(H,45,50);3-6H,1-2H3/t23-,25-,27+,29+,38-;/m1./s1. The van der Waals surface area contributed by atoms with Gasteiger partial charge in [0, 0.05) is 49.6 Å². The molecule has 0 unspecified atom stereocenters. The summed E-state index contributed by atoms with van der Waals surface area (Å²) in [6.07, 6.45) is -11.3. The van der Waals surface area contributed by atoms with Gasteiger partial charge in [0.15, 0.2) is 5.78 Å². The molecule has 2 aliphatic heterocycles. The second-order valence-corrected chi connectivity index (χ2v) is 22.0. The molecular weight excluding hydrogens is 1090 g/mol. The fourth-order valence-corrected chi connectivity index (χ4v) is 10.2. The van der Waals surface area contributed by atoms with Crippen molar-refractivity contribution in [1.82, 2.24) is 14.6 Å². The summed E-state index contributed by atoms with van der Waals surface area (Å²) < 4.78 is 142. The average molecular weight is 1150 g/mol. The van der Waals surface area contributed by atoms with Crippen LogP contribution in [0.5, 0.6) is 17.4 Å². The van der Waals surface area contributed by atoms with Crippen LogP contribution in [-0.2, 0) is 47.9 Å². The summed E-state index contributed by atoms with van der Waals surface area (Å²) in [6, 6.07) is 9.65. The van der Waals surface area contributed by atoms with Gasteiger partial charge < -0.3 is 33.3 Å². The number of halogens is 7. The van der Waals surface area contributed by atoms with E-state index in [9.17, 15) is 68.8 Å². The lowest BCUT2D eigenvalue weighted by Gasteiger charge is -2.35. The van der Waals surface area contributed by atoms with E-state index in [1.165, 1.54) is 4.90 Å². The van der Waals surface area contributed by atoms with Crippen molar-refractivity contribution >= 4 is 68.2 Å². The Morgan fingerprint density at radius 3 is 2.12 bits per heavy atom. The zero-order chi connectivity index (χ0) is 57.8. The van der Waals surface area contributed by atoms with Crippen LogP contribution < -0.4 is 18.9 Å². The fraction of sp³-hybridized carbons (Fsp3) is 0.600. The van der Waals surface area contributed by atoms with E-state index in [1.54, 1.807) is 31.2 Å². The maximum Gasteiger partial charge on any atom is 0.514 e. The van der Waals surface area contributed by atoms with Crippen LogP contribution in [0.15, 0.2) is 48.5 Å². The Bertz CT molecular complexity index is 2830. The molecule has 78 heavy (non-hydrogen) atoms. The number of alkyl halides is 6. The number of benzene rings is 2. The molecule has 3 aromatic rings. The highest BCUT2D eigenvalue weighted by atomic mass is 35.5. The molecular formula is C50H59ClF6N4O16S. The number of hydrogen-bond acceptors (Lipinski definition) is 17. The van der Waals surface area contributed by atoms with Gasteiger partial charge in [0.25, 0.3) is 5.69 Å². The Hall–Kier alpha value is -6.06. The van der Waals surface area contributed by atoms with Crippen LogP contribution in [0, 0.1) is 33.3 Å². The maximum atomic E-state index is 14.8. The molecule has 28 heteroatoms. The number of amides is 2. The van der Waals surface area contributed by atoms with Gasteiger partial charge in [-0.05, 0) is 103 Å². The number of para-hydroxylation sites is 1. The van der Waals surface area contributed by atoms with Crippen molar-refractivity contribution in [3.8, 4) is 17.4 Å². The third-order valence-electron chi connectivity index (χ3n) is 13.8. The minimum atomic E-state index is -4.88. The Labute approximate surface area is 449 Å². The highest BCUT2D eigenvalue weighted by molar-refractivity contribution is 7.85. The van der Waals surface area contributed by atoms with Crippen LogP contribution in [-0.4, -0.2) is 121 Å². The normalized spacial score (nSPS) is 21.3. The van der Waals surface area contributed by atoms with Crippen molar-refractivity contribution in [1.29, 1.82) is 0 Å². The molecule has 5 atom stereocenters. The third-order valence-corrected chi connectivity index (χ3v) is 15.0. The largest absolute Gasteiger partial charge is 0.514 e. The molecule has 20 nitrogen and oxygen atoms in total. The fourth-order valence-electron chi connectivity index (χ4n) is 8.96. The number of hydrogen-bond donors (Lipinski definition) is 1. The summed E-state index contributed by atoms with van der Waals surface area (Å²) in [5.74, 6) is -5.01. The monoisotopic (exact) mass is 1150 g/mol. The van der Waals surface area contributed by atoms with Gasteiger partial charge in [-0.15, -0.1) is 0 Å². The van der Waals surface area contributed by atoms with E-state index in [4.69, 9.17) is 34.7 Å². The molecule has 3 heterocycles. The summed E-state index contributed by atoms with van der Waals surface area (Å²) in [7, 11) is -4.45. The van der Waals surface area contributed by atoms with Crippen molar-refractivity contribution < 1.29 is 96.3 Å². The van der Waals surface area contributed by atoms with E-state index in [1.807, 2.05) is 11.6 Å². The number of nitro groups is 1. The number of esters is 1. The second-order valence-electron chi connectivity index (χ2n) is 20.3. The number of carbonyl (C=O) groups excluding carboxylic acids is 5. The number of nitrogens with zero attached hydrogens (tertiary/aromatic N) is 3. The maximum absolute atomic E-state index is 14.8. The minimum absolute atomic E-state index is 0.0669. The quantitative estimate of drug-likeness (QED) is 0.0363. The number of nitrogens with one attached hydrogen (secondary N) is 1. The summed E-state index contributed by atoms with van der Waals surface area (Å²) in [6.45, 7) is 6.96. The number of Topliss-reactive ketones (excluding diaryl/α,β-unsaturated/α-hetero) is 1. The number of ketones is 1. The van der Waals surface area contributed by atoms with Crippen LogP contribution in [0.4, 0.5) is 36.8 Å². The van der Waals surface area contributed by atoms with Crippen LogP contribution in [0.3, 0.4) is 0 Å². The summed E-state index contributed by atoms with van der Waals surface area (Å²) in [4.78, 5) is 82.9. The molecule has 1 aromatic heterocycles. The predicted octanol–water partition coefficient (Wildman–Crippen LogP) is 9.32. The number of nitro benzene ring substituents is 1. The summed E-state index contributed by atoms with van der Waals surface area (Å²) >= 11 is 6.49. The van der Waals surface area contributed by atoms with Crippen LogP contribution in [0.1, 0.15) is 99.3 Å². The molecule has 2 saturated heterocycles. The molecule has 0 bridgehead atoms. The molecule has 4 aliphatic rings. The molecule has 0 radical (unpaired) electrons. The zero-order valence-corrected chi connectivity index (χ0v) is 44.8. The van der Waals surface area contributed by atoms with Crippen molar-refractivity contribution in [3.63, 3.8) is 0 Å². The van der Waals surface area contributed by atoms with E-state index < -0.39 is 117 Å². The van der Waals surface area contributed by atoms with Gasteiger partial charge in [0.2, 0.25) is 28.9 Å². The van der Waals surface area contributed by atoms with Crippen LogP contribution in [0.2, 0.25) is 5.02 Å². The van der Waals surface area contributed by atoms with E-state index in [0.29, 0.717) is 67.6 Å². The van der Waals surface area contributed by atoms with Gasteiger partial charge in [0.1, 0.15) is 17.6 Å². The van der Waals surface area contributed by atoms with Gasteiger partial charge >= 0.3 is 34.8 Å². The number of non-ortho nitro benzene ring substituents is 1. The average Bonchev–Trinajstić information content (AvgIpc) is 4.44. The lowest BCUT2D eigenvalue weighted by Crippen LogP contribution is -2.49. The lowest BCUT2D eigenvalue weighted by atomic mass is 9.82. The Morgan fingerprint density at radius 1 is 0.923 bits per heavy atom. The smallest absolute Gasteiger partial charge is 0.488 e. The molecule has 7 rings (SSSR count). The highest BCUT2D eigenvalue weighted by Crippen LogP contribution is 2.58. The molecule has 2 saturated carbocycles. The number of aromatic nitrogens is 1. The first-order valence-electron chi connectivity index (χ1n) is 24.9. The van der Waals surface area contributed by atoms with Crippen molar-refractivity contribution in [3.05, 3.63) is 63.7 Å². The molecule has 2 aliphatic carbocycles. The Morgan fingerprint density at radius 2 is 1.55 bits per heavy atom. The molecule has 4 fully saturated rings. The van der Waals surface area contributed by atoms with Gasteiger partial charge in [0.05, 0.1) is 58.5 Å². The summed E-state index contributed by atoms with van der Waals surface area (Å²) in [5.41, 5.74) is -6.79. The van der Waals surface area contributed by atoms with Gasteiger partial charge in [-0.1, -0.05) is 31.0 Å². The lowest BCUT2D eigenvalue weighted by molar-refractivity contribution is -0.384. The van der Waals surface area contributed by atoms with Crippen LogP contribution in [0.25, 0.3) is 10.9 Å². The number of rotatable bonds is 20. The number of carbonyl (C=O) groups is 5. The topological polar surface area (TPSA) is 255 Å². The second kappa shape index (κ2) is 24.1. The number of likely N-dealkylation sites (tertiary alicyclic amines) is 1. The van der Waals surface area contributed by atoms with Gasteiger partial charge in [-0.25, -0.2) is 14.5 Å². The van der Waals surface area contributed by atoms with E-state index in [0.717, 1.165) is 38.1 Å². The van der Waals surface area contributed by atoms with Crippen molar-refractivity contribution in [2.24, 2.45) is 23.2 Å². The van der Waals surface area contributed by atoms with E-state index >= 15 is 0 Å². The third kappa shape index (κ3) is 15.2. The van der Waals surface area contributed by atoms with Crippen molar-refractivity contribution in [2.45, 2.75) is 141 Å². The first kappa shape index (κ1) is 61.2. The predicted molar refractivity (Wildman–Crippen MR) is 262 cm³/mol.